The van der Waals surface area contributed by atoms with E-state index < -0.39 is 0 Å². The third kappa shape index (κ3) is 7.02. The molecule has 0 unspecified atom stereocenters. The smallest absolute Gasteiger partial charge is 0.191 e. The highest BCUT2D eigenvalue weighted by molar-refractivity contribution is 5.79. The van der Waals surface area contributed by atoms with E-state index in [9.17, 15) is 0 Å². The molecule has 0 heterocycles. The van der Waals surface area contributed by atoms with E-state index in [2.05, 4.69) is 49.4 Å². The number of nitrogens with zero attached hydrogens (tertiary/aromatic N) is 1. The molecule has 112 valence electrons. The molecule has 0 aliphatic heterocycles. The van der Waals surface area contributed by atoms with Gasteiger partial charge in [-0.05, 0) is 37.5 Å². The monoisotopic (exact) mass is 277 g/mol. The van der Waals surface area contributed by atoms with Crippen LogP contribution in [0.2, 0.25) is 0 Å². The summed E-state index contributed by atoms with van der Waals surface area (Å²) < 4.78 is 5.70. The van der Waals surface area contributed by atoms with Crippen LogP contribution in [0.5, 0.6) is 5.75 Å². The Hall–Kier alpha value is -1.71. The van der Waals surface area contributed by atoms with Crippen LogP contribution >= 0.6 is 0 Å². The molecule has 0 radical (unpaired) electrons. The minimum Gasteiger partial charge on any atom is -0.492 e. The molecule has 4 heteroatoms. The minimum atomic E-state index is 0.564. The number of ether oxygens (including phenoxy) is 1. The number of benzene rings is 1. The maximum absolute atomic E-state index is 5.70. The third-order valence-corrected chi connectivity index (χ3v) is 2.61. The Morgan fingerprint density at radius 3 is 2.75 bits per heavy atom. The van der Waals surface area contributed by atoms with Crippen molar-refractivity contribution in [3.63, 3.8) is 0 Å². The SMILES string of the molecule is CCNC(=NCC(C)C)NCCOc1cccc(C)c1. The zero-order valence-electron chi connectivity index (χ0n) is 13.1. The van der Waals surface area contributed by atoms with Gasteiger partial charge in [0.05, 0.1) is 6.54 Å². The average Bonchev–Trinajstić information content (AvgIpc) is 2.40. The number of aryl methyl sites for hydroxylation is 1. The lowest BCUT2D eigenvalue weighted by atomic mass is 10.2. The first-order chi connectivity index (χ1) is 9.61. The van der Waals surface area contributed by atoms with Gasteiger partial charge in [-0.3, -0.25) is 4.99 Å². The summed E-state index contributed by atoms with van der Waals surface area (Å²) in [5.74, 6) is 2.33. The van der Waals surface area contributed by atoms with E-state index in [1.165, 1.54) is 5.56 Å². The summed E-state index contributed by atoms with van der Waals surface area (Å²) >= 11 is 0. The highest BCUT2D eigenvalue weighted by Crippen LogP contribution is 2.11. The number of hydrogen-bond acceptors (Lipinski definition) is 2. The van der Waals surface area contributed by atoms with E-state index >= 15 is 0 Å². The van der Waals surface area contributed by atoms with Crippen LogP contribution in [-0.2, 0) is 0 Å². The van der Waals surface area contributed by atoms with Crippen molar-refractivity contribution < 1.29 is 4.74 Å². The van der Waals surface area contributed by atoms with Gasteiger partial charge in [0.25, 0.3) is 0 Å². The summed E-state index contributed by atoms with van der Waals surface area (Å²) in [6, 6.07) is 8.09. The lowest BCUT2D eigenvalue weighted by molar-refractivity contribution is 0.321. The first kappa shape index (κ1) is 16.3. The summed E-state index contributed by atoms with van der Waals surface area (Å²) in [6.07, 6.45) is 0. The maximum atomic E-state index is 5.70. The van der Waals surface area contributed by atoms with Crippen LogP contribution in [0, 0.1) is 12.8 Å². The zero-order valence-corrected chi connectivity index (χ0v) is 13.1. The molecule has 4 nitrogen and oxygen atoms in total. The predicted molar refractivity (Wildman–Crippen MR) is 85.5 cm³/mol. The Morgan fingerprint density at radius 2 is 2.10 bits per heavy atom. The molecule has 20 heavy (non-hydrogen) atoms. The average molecular weight is 277 g/mol. The van der Waals surface area contributed by atoms with Gasteiger partial charge in [-0.1, -0.05) is 26.0 Å². The quantitative estimate of drug-likeness (QED) is 0.457. The Kier molecular flexibility index (Phi) is 7.55. The normalized spacial score (nSPS) is 11.6. The van der Waals surface area contributed by atoms with Crippen molar-refractivity contribution in [2.24, 2.45) is 10.9 Å². The second kappa shape index (κ2) is 9.23. The first-order valence-corrected chi connectivity index (χ1v) is 7.33. The third-order valence-electron chi connectivity index (χ3n) is 2.61. The number of rotatable bonds is 7. The predicted octanol–water partition coefficient (Wildman–Crippen LogP) is 2.58. The molecule has 0 amide bonds. The van der Waals surface area contributed by atoms with E-state index in [-0.39, 0.29) is 0 Å². The number of nitrogens with one attached hydrogen (secondary N) is 2. The van der Waals surface area contributed by atoms with Crippen LogP contribution in [0.3, 0.4) is 0 Å². The van der Waals surface area contributed by atoms with Crippen molar-refractivity contribution in [1.82, 2.24) is 10.6 Å². The largest absolute Gasteiger partial charge is 0.492 e. The molecule has 0 bridgehead atoms. The van der Waals surface area contributed by atoms with Gasteiger partial charge in [-0.25, -0.2) is 0 Å². The highest BCUT2D eigenvalue weighted by atomic mass is 16.5. The zero-order chi connectivity index (χ0) is 14.8. The van der Waals surface area contributed by atoms with Gasteiger partial charge >= 0.3 is 0 Å². The van der Waals surface area contributed by atoms with Crippen LogP contribution in [-0.4, -0.2) is 32.2 Å². The summed E-state index contributed by atoms with van der Waals surface area (Å²) in [6.45, 7) is 11.5. The van der Waals surface area contributed by atoms with Crippen molar-refractivity contribution >= 4 is 5.96 Å². The van der Waals surface area contributed by atoms with Gasteiger partial charge in [0, 0.05) is 13.1 Å². The number of aliphatic imine (C=N–C) groups is 1. The number of hydrogen-bond donors (Lipinski definition) is 2. The summed E-state index contributed by atoms with van der Waals surface area (Å²) in [4.78, 5) is 4.51. The Balaban J connectivity index is 2.31. The van der Waals surface area contributed by atoms with Gasteiger partial charge < -0.3 is 15.4 Å². The fourth-order valence-corrected chi connectivity index (χ4v) is 1.66. The second-order valence-electron chi connectivity index (χ2n) is 5.21. The van der Waals surface area contributed by atoms with Crippen molar-refractivity contribution in [2.45, 2.75) is 27.7 Å². The van der Waals surface area contributed by atoms with E-state index in [4.69, 9.17) is 4.74 Å². The van der Waals surface area contributed by atoms with Crippen LogP contribution in [0.15, 0.2) is 29.3 Å². The molecule has 0 saturated heterocycles. The molecule has 1 rings (SSSR count). The molecule has 1 aromatic rings. The standard InChI is InChI=1S/C16H27N3O/c1-5-17-16(19-12-13(2)3)18-9-10-20-15-8-6-7-14(4)11-15/h6-8,11,13H,5,9-10,12H2,1-4H3,(H2,17,18,19). The van der Waals surface area contributed by atoms with Crippen LogP contribution in [0.25, 0.3) is 0 Å². The Morgan fingerprint density at radius 1 is 1.30 bits per heavy atom. The molecule has 0 atom stereocenters. The van der Waals surface area contributed by atoms with Gasteiger partial charge in [0.2, 0.25) is 0 Å². The second-order valence-corrected chi connectivity index (χ2v) is 5.21. The molecule has 2 N–H and O–H groups in total. The van der Waals surface area contributed by atoms with Crippen LogP contribution < -0.4 is 15.4 Å². The van der Waals surface area contributed by atoms with Crippen LogP contribution in [0.1, 0.15) is 26.3 Å². The fourth-order valence-electron chi connectivity index (χ4n) is 1.66. The molecule has 0 spiro atoms. The van der Waals surface area contributed by atoms with E-state index in [1.54, 1.807) is 0 Å². The van der Waals surface area contributed by atoms with Gasteiger partial charge in [-0.2, -0.15) is 0 Å². The molecular weight excluding hydrogens is 250 g/mol. The Bertz CT molecular complexity index is 416. The van der Waals surface area contributed by atoms with Crippen molar-refractivity contribution in [1.29, 1.82) is 0 Å². The van der Waals surface area contributed by atoms with Crippen molar-refractivity contribution in [3.8, 4) is 5.75 Å². The highest BCUT2D eigenvalue weighted by Gasteiger charge is 1.99. The minimum absolute atomic E-state index is 0.564. The van der Waals surface area contributed by atoms with Crippen molar-refractivity contribution in [3.05, 3.63) is 29.8 Å². The molecule has 1 aromatic carbocycles. The van der Waals surface area contributed by atoms with Gasteiger partial charge in [-0.15, -0.1) is 0 Å². The summed E-state index contributed by atoms with van der Waals surface area (Å²) in [7, 11) is 0. The molecule has 0 aromatic heterocycles. The topological polar surface area (TPSA) is 45.7 Å². The lowest BCUT2D eigenvalue weighted by Crippen LogP contribution is -2.39. The molecular formula is C16H27N3O. The van der Waals surface area contributed by atoms with Crippen molar-refractivity contribution in [2.75, 3.05) is 26.2 Å². The first-order valence-electron chi connectivity index (χ1n) is 7.33. The maximum Gasteiger partial charge on any atom is 0.191 e. The molecule has 0 aliphatic carbocycles. The van der Waals surface area contributed by atoms with Gasteiger partial charge in [0.15, 0.2) is 5.96 Å². The number of guanidine groups is 1. The molecule has 0 fully saturated rings. The fraction of sp³-hybridized carbons (Fsp3) is 0.562. The lowest BCUT2D eigenvalue weighted by Gasteiger charge is -2.12. The molecule has 0 saturated carbocycles. The van der Waals surface area contributed by atoms with E-state index in [1.807, 2.05) is 18.2 Å². The van der Waals surface area contributed by atoms with E-state index in [0.717, 1.165) is 31.3 Å². The summed E-state index contributed by atoms with van der Waals surface area (Å²) in [5.41, 5.74) is 1.21. The van der Waals surface area contributed by atoms with Gasteiger partial charge in [0.1, 0.15) is 12.4 Å². The van der Waals surface area contributed by atoms with E-state index in [0.29, 0.717) is 12.5 Å². The van der Waals surface area contributed by atoms with Crippen LogP contribution in [0.4, 0.5) is 0 Å². The Labute approximate surface area is 122 Å². The summed E-state index contributed by atoms with van der Waals surface area (Å²) in [5, 5.41) is 6.50. The molecule has 0 aliphatic rings.